The molecule has 0 aliphatic carbocycles. The van der Waals surface area contributed by atoms with Crippen molar-refractivity contribution >= 4 is 15.7 Å². The van der Waals surface area contributed by atoms with Crippen molar-refractivity contribution in [3.05, 3.63) is 24.3 Å². The molecule has 0 aromatic heterocycles. The molecule has 0 saturated heterocycles. The van der Waals surface area contributed by atoms with Crippen LogP contribution >= 0.6 is 0 Å². The molecule has 108 valence electrons. The minimum atomic E-state index is -4.89. The summed E-state index contributed by atoms with van der Waals surface area (Å²) in [5.41, 5.74) is 4.91. The quantitative estimate of drug-likeness (QED) is 0.837. The first-order chi connectivity index (χ1) is 8.73. The highest BCUT2D eigenvalue weighted by atomic mass is 32.2. The molecule has 5 nitrogen and oxygen atoms in total. The van der Waals surface area contributed by atoms with Gasteiger partial charge in [-0.25, -0.2) is 8.42 Å². The van der Waals surface area contributed by atoms with Crippen LogP contribution in [0.1, 0.15) is 6.42 Å². The van der Waals surface area contributed by atoms with E-state index in [9.17, 15) is 21.6 Å². The lowest BCUT2D eigenvalue weighted by Crippen LogP contribution is -2.21. The first-order valence-corrected chi connectivity index (χ1v) is 6.94. The second-order valence-electron chi connectivity index (χ2n) is 3.61. The Balaban J connectivity index is 2.89. The van der Waals surface area contributed by atoms with Crippen LogP contribution < -0.4 is 15.2 Å². The van der Waals surface area contributed by atoms with Crippen molar-refractivity contribution in [1.29, 1.82) is 0 Å². The first-order valence-electron chi connectivity index (χ1n) is 5.29. The van der Waals surface area contributed by atoms with Gasteiger partial charge in [0.2, 0.25) is 10.0 Å². The third-order valence-electron chi connectivity index (χ3n) is 2.00. The molecule has 0 aliphatic rings. The molecule has 1 rings (SSSR count). The van der Waals surface area contributed by atoms with Crippen LogP contribution in [0.3, 0.4) is 0 Å². The Bertz CT molecular complexity index is 517. The number of ether oxygens (including phenoxy) is 1. The van der Waals surface area contributed by atoms with Gasteiger partial charge in [-0.05, 0) is 25.1 Å². The summed E-state index contributed by atoms with van der Waals surface area (Å²) in [6.45, 7) is 0.168. The van der Waals surface area contributed by atoms with Crippen LogP contribution in [0.2, 0.25) is 0 Å². The van der Waals surface area contributed by atoms with Gasteiger partial charge in [0.15, 0.2) is 5.75 Å². The summed E-state index contributed by atoms with van der Waals surface area (Å²) in [5.74, 6) is -0.879. The smallest absolute Gasteiger partial charge is 0.404 e. The van der Waals surface area contributed by atoms with Gasteiger partial charge in [-0.3, -0.25) is 4.72 Å². The molecular formula is C10H13F3N2O3S. The van der Waals surface area contributed by atoms with Gasteiger partial charge in [-0.2, -0.15) is 0 Å². The molecular weight excluding hydrogens is 285 g/mol. The lowest BCUT2D eigenvalue weighted by atomic mass is 10.3. The van der Waals surface area contributed by atoms with E-state index in [0.717, 1.165) is 6.07 Å². The summed E-state index contributed by atoms with van der Waals surface area (Å²) >= 11 is 0. The van der Waals surface area contributed by atoms with Crippen LogP contribution in [0.15, 0.2) is 24.3 Å². The number of hydrogen-bond donors (Lipinski definition) is 2. The van der Waals surface area contributed by atoms with Crippen molar-refractivity contribution < 1.29 is 26.3 Å². The fraction of sp³-hybridized carbons (Fsp3) is 0.400. The van der Waals surface area contributed by atoms with Gasteiger partial charge >= 0.3 is 6.36 Å². The number of alkyl halides is 3. The van der Waals surface area contributed by atoms with E-state index in [2.05, 4.69) is 4.74 Å². The normalized spacial score (nSPS) is 12.2. The maximum atomic E-state index is 12.1. The number of nitrogens with one attached hydrogen (secondary N) is 1. The molecule has 0 amide bonds. The van der Waals surface area contributed by atoms with Gasteiger partial charge in [-0.15, -0.1) is 13.2 Å². The van der Waals surface area contributed by atoms with Gasteiger partial charge in [-0.1, -0.05) is 12.1 Å². The number of benzene rings is 1. The van der Waals surface area contributed by atoms with Crippen molar-refractivity contribution in [2.24, 2.45) is 5.73 Å². The highest BCUT2D eigenvalue weighted by Crippen LogP contribution is 2.30. The van der Waals surface area contributed by atoms with E-state index in [0.29, 0.717) is 0 Å². The topological polar surface area (TPSA) is 81.4 Å². The molecule has 0 saturated carbocycles. The minimum Gasteiger partial charge on any atom is -0.404 e. The Morgan fingerprint density at radius 1 is 1.26 bits per heavy atom. The molecule has 0 bridgehead atoms. The zero-order chi connectivity index (χ0) is 14.5. The van der Waals surface area contributed by atoms with Crippen molar-refractivity contribution in [1.82, 2.24) is 0 Å². The SMILES string of the molecule is NCCCS(=O)(=O)Nc1ccccc1OC(F)(F)F. The van der Waals surface area contributed by atoms with Gasteiger partial charge in [0.1, 0.15) is 0 Å². The second kappa shape index (κ2) is 6.11. The monoisotopic (exact) mass is 298 g/mol. The van der Waals surface area contributed by atoms with E-state index < -0.39 is 22.1 Å². The number of rotatable bonds is 6. The van der Waals surface area contributed by atoms with Crippen LogP contribution in [0, 0.1) is 0 Å². The highest BCUT2D eigenvalue weighted by Gasteiger charge is 2.32. The summed E-state index contributed by atoms with van der Waals surface area (Å²) in [4.78, 5) is 0. The van der Waals surface area contributed by atoms with Gasteiger partial charge in [0.25, 0.3) is 0 Å². The molecule has 0 fully saturated rings. The molecule has 0 aliphatic heterocycles. The maximum absolute atomic E-state index is 12.1. The number of hydrogen-bond acceptors (Lipinski definition) is 4. The van der Waals surface area contributed by atoms with Crippen LogP contribution in [0.4, 0.5) is 18.9 Å². The Morgan fingerprint density at radius 3 is 2.47 bits per heavy atom. The fourth-order valence-corrected chi connectivity index (χ4v) is 2.41. The van der Waals surface area contributed by atoms with Crippen molar-refractivity contribution in [2.45, 2.75) is 12.8 Å². The van der Waals surface area contributed by atoms with Crippen molar-refractivity contribution in [3.8, 4) is 5.75 Å². The second-order valence-corrected chi connectivity index (χ2v) is 5.45. The third-order valence-corrected chi connectivity index (χ3v) is 3.35. The van der Waals surface area contributed by atoms with Crippen LogP contribution in [-0.2, 0) is 10.0 Å². The molecule has 19 heavy (non-hydrogen) atoms. The lowest BCUT2D eigenvalue weighted by molar-refractivity contribution is -0.274. The zero-order valence-electron chi connectivity index (χ0n) is 9.77. The third kappa shape index (κ3) is 5.79. The number of halogens is 3. The Morgan fingerprint density at radius 2 is 1.89 bits per heavy atom. The zero-order valence-corrected chi connectivity index (χ0v) is 10.6. The average Bonchev–Trinajstić information content (AvgIpc) is 2.27. The Labute approximate surface area is 108 Å². The lowest BCUT2D eigenvalue weighted by Gasteiger charge is -2.14. The summed E-state index contributed by atoms with van der Waals surface area (Å²) in [6, 6.07) is 4.90. The van der Waals surface area contributed by atoms with E-state index in [1.807, 2.05) is 4.72 Å². The summed E-state index contributed by atoms with van der Waals surface area (Å²) in [5, 5.41) is 0. The van der Waals surface area contributed by atoms with Gasteiger partial charge in [0.05, 0.1) is 11.4 Å². The molecule has 0 heterocycles. The number of nitrogens with two attached hydrogens (primary N) is 1. The number of sulfonamides is 1. The first kappa shape index (κ1) is 15.6. The molecule has 0 radical (unpaired) electrons. The van der Waals surface area contributed by atoms with Crippen LogP contribution in [-0.4, -0.2) is 27.1 Å². The van der Waals surface area contributed by atoms with Crippen LogP contribution in [0.5, 0.6) is 5.75 Å². The molecule has 1 aromatic carbocycles. The van der Waals surface area contributed by atoms with Crippen molar-refractivity contribution in [2.75, 3.05) is 17.0 Å². The van der Waals surface area contributed by atoms with Crippen LogP contribution in [0.25, 0.3) is 0 Å². The Hall–Kier alpha value is -1.48. The fourth-order valence-electron chi connectivity index (χ4n) is 1.26. The average molecular weight is 298 g/mol. The van der Waals surface area contributed by atoms with E-state index >= 15 is 0 Å². The van der Waals surface area contributed by atoms with Gasteiger partial charge < -0.3 is 10.5 Å². The molecule has 0 unspecified atom stereocenters. The summed E-state index contributed by atoms with van der Waals surface area (Å²) in [6.07, 6.45) is -4.68. The molecule has 0 atom stereocenters. The van der Waals surface area contributed by atoms with E-state index in [-0.39, 0.29) is 24.4 Å². The molecule has 0 spiro atoms. The molecule has 3 N–H and O–H groups in total. The standard InChI is InChI=1S/C10H13F3N2O3S/c11-10(12,13)18-9-5-2-1-4-8(9)15-19(16,17)7-3-6-14/h1-2,4-5,15H,3,6-7,14H2. The van der Waals surface area contributed by atoms with E-state index in [1.54, 1.807) is 0 Å². The predicted octanol–water partition coefficient (Wildman–Crippen LogP) is 1.68. The maximum Gasteiger partial charge on any atom is 0.573 e. The highest BCUT2D eigenvalue weighted by molar-refractivity contribution is 7.92. The number of anilines is 1. The number of para-hydroxylation sites is 2. The molecule has 1 aromatic rings. The minimum absolute atomic E-state index is 0.168. The largest absolute Gasteiger partial charge is 0.573 e. The van der Waals surface area contributed by atoms with Crippen molar-refractivity contribution in [3.63, 3.8) is 0 Å². The summed E-state index contributed by atoms with van der Waals surface area (Å²) < 4.78 is 65.3. The van der Waals surface area contributed by atoms with E-state index in [1.165, 1.54) is 18.2 Å². The molecule has 9 heteroatoms. The summed E-state index contributed by atoms with van der Waals surface area (Å²) in [7, 11) is -3.75. The van der Waals surface area contributed by atoms with Gasteiger partial charge in [0, 0.05) is 0 Å². The van der Waals surface area contributed by atoms with E-state index in [4.69, 9.17) is 5.73 Å². The predicted molar refractivity (Wildman–Crippen MR) is 64.2 cm³/mol. The Kier molecular flexibility index (Phi) is 5.01.